The Kier molecular flexibility index (Phi) is 6.30. The maximum atomic E-state index is 13.9. The number of aromatic amines is 1. The van der Waals surface area contributed by atoms with Crippen LogP contribution in [-0.2, 0) is 16.2 Å². The topological polar surface area (TPSA) is 79.5 Å². The molecule has 186 valence electrons. The molecule has 3 atom stereocenters. The van der Waals surface area contributed by atoms with Gasteiger partial charge in [0.15, 0.2) is 0 Å². The molecule has 2 aliphatic heterocycles. The van der Waals surface area contributed by atoms with E-state index in [-0.39, 0.29) is 16.7 Å². The van der Waals surface area contributed by atoms with Crippen LogP contribution in [0.15, 0.2) is 87.1 Å². The number of amides is 2. The van der Waals surface area contributed by atoms with Crippen LogP contribution in [0.25, 0.3) is 0 Å². The van der Waals surface area contributed by atoms with Gasteiger partial charge >= 0.3 is 4.87 Å². The molecule has 6 nitrogen and oxygen atoms in total. The van der Waals surface area contributed by atoms with Crippen molar-refractivity contribution in [2.24, 2.45) is 5.92 Å². The summed E-state index contributed by atoms with van der Waals surface area (Å²) < 4.78 is 7.13. The average molecular weight is 594 g/mol. The number of ether oxygens (including phenoxy) is 1. The zero-order valence-electron chi connectivity index (χ0n) is 19.6. The van der Waals surface area contributed by atoms with Crippen LogP contribution >= 0.6 is 39.0 Å². The number of nitrogens with zero attached hydrogens (tertiary/aromatic N) is 1. The number of imide groups is 1. The number of aromatic nitrogens is 1. The number of anilines is 1. The van der Waals surface area contributed by atoms with Crippen LogP contribution in [0, 0.1) is 12.8 Å². The Hall–Kier alpha value is -3.14. The first-order valence-electron chi connectivity index (χ1n) is 11.7. The molecule has 2 amide bonds. The van der Waals surface area contributed by atoms with Crippen molar-refractivity contribution in [2.45, 2.75) is 29.7 Å². The molecule has 2 aliphatic rings. The molecule has 1 aromatic heterocycles. The lowest BCUT2D eigenvalue weighted by Gasteiger charge is -2.30. The summed E-state index contributed by atoms with van der Waals surface area (Å²) in [5.74, 6) is -1.06. The normalized spacial score (nSPS) is 20.6. The van der Waals surface area contributed by atoms with Gasteiger partial charge in [0, 0.05) is 20.8 Å². The molecule has 0 radical (unpaired) electrons. The number of hydrogen-bond acceptors (Lipinski definition) is 6. The van der Waals surface area contributed by atoms with E-state index in [1.165, 1.54) is 22.2 Å². The summed E-state index contributed by atoms with van der Waals surface area (Å²) in [7, 11) is 0. The molecule has 1 saturated heterocycles. The van der Waals surface area contributed by atoms with E-state index < -0.39 is 17.1 Å². The molecule has 3 aromatic carbocycles. The summed E-state index contributed by atoms with van der Waals surface area (Å²) >= 11 is 5.77. The van der Waals surface area contributed by atoms with Gasteiger partial charge in [0.2, 0.25) is 11.8 Å². The number of halogens is 1. The van der Waals surface area contributed by atoms with E-state index in [9.17, 15) is 14.4 Å². The van der Waals surface area contributed by atoms with Gasteiger partial charge in [0.25, 0.3) is 0 Å². The third-order valence-corrected chi connectivity index (χ3v) is 9.61. The molecule has 0 saturated carbocycles. The molecule has 2 unspecified atom stereocenters. The molecule has 6 rings (SSSR count). The Morgan fingerprint density at radius 3 is 2.43 bits per heavy atom. The van der Waals surface area contributed by atoms with Crippen molar-refractivity contribution in [1.29, 1.82) is 0 Å². The number of thioether (sulfide) groups is 1. The largest absolute Gasteiger partial charge is 0.489 e. The molecule has 1 fully saturated rings. The Morgan fingerprint density at radius 2 is 1.68 bits per heavy atom. The molecule has 3 heterocycles. The predicted octanol–water partition coefficient (Wildman–Crippen LogP) is 5.88. The van der Waals surface area contributed by atoms with E-state index in [0.717, 1.165) is 31.8 Å². The van der Waals surface area contributed by atoms with Crippen LogP contribution in [0.5, 0.6) is 5.75 Å². The van der Waals surface area contributed by atoms with Crippen LogP contribution in [-0.4, -0.2) is 22.0 Å². The highest BCUT2D eigenvalue weighted by molar-refractivity contribution is 9.10. The maximum absolute atomic E-state index is 13.9. The second-order valence-corrected chi connectivity index (χ2v) is 12.1. The second-order valence-electron chi connectivity index (χ2n) is 9.05. The van der Waals surface area contributed by atoms with Crippen molar-refractivity contribution >= 4 is 56.5 Å². The summed E-state index contributed by atoms with van der Waals surface area (Å²) in [5, 5.41) is -0.00237. The third kappa shape index (κ3) is 4.35. The standard InChI is InChI=1S/C28H21BrN2O4S2/c1-15-6-8-16(9-7-15)14-35-20-5-3-2-4-19(20)21-22-24(36-25-23(21)37-28(34)30-25)27(33)31(26(22)32)18-12-10-17(29)11-13-18/h2-13,21-22,24H,14H2,1H3,(H,30,34)/t21-,22?,24?/m1/s1. The number of thiazole rings is 1. The number of carbonyl (C=O) groups excluding carboxylic acids is 2. The first-order chi connectivity index (χ1) is 17.9. The van der Waals surface area contributed by atoms with Crippen LogP contribution in [0.1, 0.15) is 27.5 Å². The van der Waals surface area contributed by atoms with Gasteiger partial charge in [-0.3, -0.25) is 14.4 Å². The number of aryl methyl sites for hydroxylation is 1. The number of H-pyrrole nitrogens is 1. The Bertz CT molecular complexity index is 1560. The van der Waals surface area contributed by atoms with Gasteiger partial charge in [-0.25, -0.2) is 4.90 Å². The summed E-state index contributed by atoms with van der Waals surface area (Å²) in [6.45, 7) is 2.40. The first-order valence-corrected chi connectivity index (χ1v) is 14.2. The van der Waals surface area contributed by atoms with Crippen molar-refractivity contribution in [2.75, 3.05) is 4.90 Å². The number of carbonyl (C=O) groups is 2. The first kappa shape index (κ1) is 24.2. The highest BCUT2D eigenvalue weighted by atomic mass is 79.9. The van der Waals surface area contributed by atoms with E-state index >= 15 is 0 Å². The second kappa shape index (κ2) is 9.63. The SMILES string of the molecule is Cc1ccc(COc2ccccc2[C@H]2c3sc(=O)[nH]c3SC3C(=O)N(c4ccc(Br)cc4)C(=O)C32)cc1. The van der Waals surface area contributed by atoms with Crippen LogP contribution in [0.3, 0.4) is 0 Å². The minimum Gasteiger partial charge on any atom is -0.489 e. The van der Waals surface area contributed by atoms with Crippen molar-refractivity contribution in [3.05, 3.63) is 109 Å². The van der Waals surface area contributed by atoms with E-state index in [1.807, 2.05) is 67.6 Å². The number of benzene rings is 3. The maximum Gasteiger partial charge on any atom is 0.305 e. The fourth-order valence-electron chi connectivity index (χ4n) is 4.91. The van der Waals surface area contributed by atoms with Gasteiger partial charge in [0.1, 0.15) is 17.6 Å². The van der Waals surface area contributed by atoms with Crippen molar-refractivity contribution < 1.29 is 14.3 Å². The van der Waals surface area contributed by atoms with Gasteiger partial charge in [-0.15, -0.1) is 0 Å². The Balaban J connectivity index is 1.41. The minimum absolute atomic E-state index is 0.204. The predicted molar refractivity (Wildman–Crippen MR) is 149 cm³/mol. The van der Waals surface area contributed by atoms with Crippen LogP contribution in [0.4, 0.5) is 5.69 Å². The van der Waals surface area contributed by atoms with Gasteiger partial charge in [-0.05, 0) is 42.8 Å². The number of rotatable bonds is 5. The molecular formula is C28H21BrN2O4S2. The van der Waals surface area contributed by atoms with E-state index in [4.69, 9.17) is 4.74 Å². The quantitative estimate of drug-likeness (QED) is 0.293. The molecule has 0 spiro atoms. The number of nitrogens with one attached hydrogen (secondary N) is 1. The fourth-order valence-corrected chi connectivity index (χ4v) is 7.68. The monoisotopic (exact) mass is 592 g/mol. The zero-order valence-corrected chi connectivity index (χ0v) is 22.9. The summed E-state index contributed by atoms with van der Waals surface area (Å²) in [6, 6.07) is 22.9. The smallest absolute Gasteiger partial charge is 0.305 e. The lowest BCUT2D eigenvalue weighted by atomic mass is 9.82. The zero-order chi connectivity index (χ0) is 25.7. The van der Waals surface area contributed by atoms with E-state index in [0.29, 0.717) is 23.1 Å². The summed E-state index contributed by atoms with van der Waals surface area (Å²) in [4.78, 5) is 44.6. The lowest BCUT2D eigenvalue weighted by Crippen LogP contribution is -2.32. The van der Waals surface area contributed by atoms with Crippen molar-refractivity contribution in [3.63, 3.8) is 0 Å². The minimum atomic E-state index is -0.663. The third-order valence-electron chi connectivity index (χ3n) is 6.68. The Morgan fingerprint density at radius 1 is 0.946 bits per heavy atom. The number of hydrogen-bond donors (Lipinski definition) is 1. The fraction of sp³-hybridized carbons (Fsp3) is 0.179. The molecule has 37 heavy (non-hydrogen) atoms. The molecule has 1 N–H and O–H groups in total. The average Bonchev–Trinajstić information content (AvgIpc) is 3.39. The highest BCUT2D eigenvalue weighted by Crippen LogP contribution is 2.54. The van der Waals surface area contributed by atoms with E-state index in [2.05, 4.69) is 20.9 Å². The van der Waals surface area contributed by atoms with Gasteiger partial charge in [-0.2, -0.15) is 0 Å². The summed E-state index contributed by atoms with van der Waals surface area (Å²) in [5.41, 5.74) is 3.52. The van der Waals surface area contributed by atoms with Crippen LogP contribution in [0.2, 0.25) is 0 Å². The van der Waals surface area contributed by atoms with Crippen molar-refractivity contribution in [3.8, 4) is 5.75 Å². The number of para-hydroxylation sites is 1. The van der Waals surface area contributed by atoms with Crippen molar-refractivity contribution in [1.82, 2.24) is 4.98 Å². The molecule has 4 aromatic rings. The molecular weight excluding hydrogens is 572 g/mol. The van der Waals surface area contributed by atoms with Gasteiger partial charge in [-0.1, -0.05) is 87.1 Å². The Labute approximate surface area is 229 Å². The highest BCUT2D eigenvalue weighted by Gasteiger charge is 2.56. The molecule has 9 heteroatoms. The lowest BCUT2D eigenvalue weighted by molar-refractivity contribution is -0.122. The number of fused-ring (bicyclic) bond motifs is 2. The van der Waals surface area contributed by atoms with E-state index in [1.54, 1.807) is 12.1 Å². The van der Waals surface area contributed by atoms with Gasteiger partial charge in [0.05, 0.1) is 16.6 Å². The molecule has 0 bridgehead atoms. The van der Waals surface area contributed by atoms with Gasteiger partial charge < -0.3 is 9.72 Å². The van der Waals surface area contributed by atoms with Crippen LogP contribution < -0.4 is 14.5 Å². The molecule has 0 aliphatic carbocycles. The summed E-state index contributed by atoms with van der Waals surface area (Å²) in [6.07, 6.45) is 0.